The largest absolute Gasteiger partial charge is 0.492 e. The van der Waals surface area contributed by atoms with Crippen LogP contribution in [0.3, 0.4) is 0 Å². The zero-order valence-corrected chi connectivity index (χ0v) is 9.16. The van der Waals surface area contributed by atoms with Crippen LogP contribution in [0, 0.1) is 16.0 Å². The summed E-state index contributed by atoms with van der Waals surface area (Å²) >= 11 is 0. The molecule has 18 heavy (non-hydrogen) atoms. The van der Waals surface area contributed by atoms with Crippen LogP contribution in [0.25, 0.3) is 0 Å². The molecule has 7 heteroatoms. The zero-order chi connectivity index (χ0) is 13.3. The third-order valence-electron chi connectivity index (χ3n) is 2.67. The Hall–Kier alpha value is -2.44. The summed E-state index contributed by atoms with van der Waals surface area (Å²) in [5, 5.41) is 19.3. The van der Waals surface area contributed by atoms with Gasteiger partial charge in [0.1, 0.15) is 5.75 Å². The number of hydrogen-bond donors (Lipinski definition) is 1. The maximum atomic E-state index is 12.0. The standard InChI is InChI=1S/C11H9NO6/c13-10(14)3-6-5-18-9-2-1-7(12(16)17)4-8(9)11(6)15/h1-2,4,6H,3,5H2,(H,13,14). The molecule has 0 aliphatic carbocycles. The van der Waals surface area contributed by atoms with Crippen LogP contribution < -0.4 is 4.74 Å². The molecular formula is C11H9NO6. The SMILES string of the molecule is O=C(O)CC1COc2ccc([N+](=O)[O-])cc2C1=O. The lowest BCUT2D eigenvalue weighted by Crippen LogP contribution is -2.29. The molecule has 1 unspecified atom stereocenters. The molecule has 2 rings (SSSR count). The summed E-state index contributed by atoms with van der Waals surface area (Å²) in [6.07, 6.45) is -0.346. The van der Waals surface area contributed by atoms with Crippen molar-refractivity contribution in [3.05, 3.63) is 33.9 Å². The molecule has 0 saturated heterocycles. The summed E-state index contributed by atoms with van der Waals surface area (Å²) in [5.41, 5.74) is -0.150. The van der Waals surface area contributed by atoms with Crippen LogP contribution >= 0.6 is 0 Å². The number of carboxylic acids is 1. The van der Waals surface area contributed by atoms with Gasteiger partial charge >= 0.3 is 5.97 Å². The van der Waals surface area contributed by atoms with Gasteiger partial charge in [-0.15, -0.1) is 0 Å². The van der Waals surface area contributed by atoms with E-state index in [1.165, 1.54) is 12.1 Å². The van der Waals surface area contributed by atoms with Crippen molar-refractivity contribution in [2.75, 3.05) is 6.61 Å². The molecule has 0 spiro atoms. The number of Topliss-reactive ketones (excluding diaryl/α,β-unsaturated/α-hetero) is 1. The number of nitro groups is 1. The number of carbonyl (C=O) groups is 2. The number of nitro benzene ring substituents is 1. The van der Waals surface area contributed by atoms with Crippen molar-refractivity contribution in [3.63, 3.8) is 0 Å². The van der Waals surface area contributed by atoms with Crippen molar-refractivity contribution < 1.29 is 24.4 Å². The lowest BCUT2D eigenvalue weighted by atomic mass is 9.92. The Balaban J connectivity index is 2.35. The first-order chi connectivity index (χ1) is 8.49. The van der Waals surface area contributed by atoms with Crippen LogP contribution in [-0.4, -0.2) is 28.4 Å². The Bertz CT molecular complexity index is 538. The maximum Gasteiger partial charge on any atom is 0.304 e. The molecule has 0 fully saturated rings. The Labute approximate surface area is 101 Å². The molecule has 1 aromatic carbocycles. The second-order valence-corrected chi connectivity index (χ2v) is 3.91. The predicted molar refractivity (Wildman–Crippen MR) is 58.7 cm³/mol. The van der Waals surface area contributed by atoms with E-state index >= 15 is 0 Å². The summed E-state index contributed by atoms with van der Waals surface area (Å²) in [7, 11) is 0. The average Bonchev–Trinajstić information content (AvgIpc) is 2.32. The first kappa shape index (κ1) is 12.0. The maximum absolute atomic E-state index is 12.0. The van der Waals surface area contributed by atoms with Gasteiger partial charge in [-0.3, -0.25) is 19.7 Å². The van der Waals surface area contributed by atoms with Gasteiger partial charge in [-0.05, 0) is 6.07 Å². The summed E-state index contributed by atoms with van der Waals surface area (Å²) in [6, 6.07) is 3.71. The van der Waals surface area contributed by atoms with Crippen molar-refractivity contribution in [1.29, 1.82) is 0 Å². The second kappa shape index (κ2) is 4.44. The molecule has 7 nitrogen and oxygen atoms in total. The highest BCUT2D eigenvalue weighted by atomic mass is 16.6. The number of nitrogens with zero attached hydrogens (tertiary/aromatic N) is 1. The van der Waals surface area contributed by atoms with Gasteiger partial charge in [0.15, 0.2) is 5.78 Å². The average molecular weight is 251 g/mol. The number of hydrogen-bond acceptors (Lipinski definition) is 5. The van der Waals surface area contributed by atoms with Crippen molar-refractivity contribution in [3.8, 4) is 5.75 Å². The van der Waals surface area contributed by atoms with Crippen molar-refractivity contribution in [1.82, 2.24) is 0 Å². The summed E-state index contributed by atoms with van der Waals surface area (Å²) < 4.78 is 5.24. The lowest BCUT2D eigenvalue weighted by molar-refractivity contribution is -0.384. The van der Waals surface area contributed by atoms with Gasteiger partial charge in [-0.1, -0.05) is 0 Å². The van der Waals surface area contributed by atoms with Gasteiger partial charge in [-0.2, -0.15) is 0 Å². The molecule has 0 saturated carbocycles. The molecule has 0 aromatic heterocycles. The Morgan fingerprint density at radius 1 is 1.56 bits per heavy atom. The number of non-ortho nitro benzene ring substituents is 1. The van der Waals surface area contributed by atoms with Crippen molar-refractivity contribution >= 4 is 17.4 Å². The molecule has 0 amide bonds. The van der Waals surface area contributed by atoms with Crippen molar-refractivity contribution in [2.24, 2.45) is 5.92 Å². The van der Waals surface area contributed by atoms with Crippen molar-refractivity contribution in [2.45, 2.75) is 6.42 Å². The molecular weight excluding hydrogens is 242 g/mol. The molecule has 1 heterocycles. The Kier molecular flexibility index (Phi) is 2.97. The van der Waals surface area contributed by atoms with Crippen LogP contribution in [0.5, 0.6) is 5.75 Å². The van der Waals surface area contributed by atoms with Crippen LogP contribution in [0.1, 0.15) is 16.8 Å². The number of aliphatic carboxylic acids is 1. The minimum absolute atomic E-state index is 0.0179. The van der Waals surface area contributed by atoms with E-state index in [9.17, 15) is 19.7 Å². The number of benzene rings is 1. The van der Waals surface area contributed by atoms with Gasteiger partial charge in [0, 0.05) is 12.1 Å². The molecule has 1 N–H and O–H groups in total. The minimum atomic E-state index is -1.11. The van der Waals surface area contributed by atoms with E-state index < -0.39 is 22.6 Å². The van der Waals surface area contributed by atoms with Gasteiger partial charge in [0.05, 0.1) is 29.4 Å². The number of carboxylic acid groups (broad SMARTS) is 1. The molecule has 1 aliphatic rings. The summed E-state index contributed by atoms with van der Waals surface area (Å²) in [6.45, 7) is -0.0179. The Morgan fingerprint density at radius 2 is 2.28 bits per heavy atom. The predicted octanol–water partition coefficient (Wildman–Crippen LogP) is 1.26. The third-order valence-corrected chi connectivity index (χ3v) is 2.67. The van der Waals surface area contributed by atoms with Gasteiger partial charge < -0.3 is 9.84 Å². The lowest BCUT2D eigenvalue weighted by Gasteiger charge is -2.22. The highest BCUT2D eigenvalue weighted by molar-refractivity contribution is 6.03. The Morgan fingerprint density at radius 3 is 2.89 bits per heavy atom. The van der Waals surface area contributed by atoms with E-state index in [2.05, 4.69) is 0 Å². The minimum Gasteiger partial charge on any atom is -0.492 e. The molecule has 0 radical (unpaired) electrons. The monoisotopic (exact) mass is 251 g/mol. The zero-order valence-electron chi connectivity index (χ0n) is 9.16. The molecule has 1 atom stereocenters. The number of fused-ring (bicyclic) bond motifs is 1. The van der Waals surface area contributed by atoms with E-state index in [0.717, 1.165) is 6.07 Å². The molecule has 1 aliphatic heterocycles. The smallest absolute Gasteiger partial charge is 0.304 e. The quantitative estimate of drug-likeness (QED) is 0.640. The molecule has 1 aromatic rings. The number of ketones is 1. The van der Waals surface area contributed by atoms with E-state index in [1.807, 2.05) is 0 Å². The second-order valence-electron chi connectivity index (χ2n) is 3.91. The van der Waals surface area contributed by atoms with Crippen LogP contribution in [0.15, 0.2) is 18.2 Å². The van der Waals surface area contributed by atoms with E-state index in [1.54, 1.807) is 0 Å². The molecule has 0 bridgehead atoms. The van der Waals surface area contributed by atoms with E-state index in [-0.39, 0.29) is 30.0 Å². The normalized spacial score (nSPS) is 17.8. The summed E-state index contributed by atoms with van der Waals surface area (Å²) in [4.78, 5) is 32.5. The van der Waals surface area contributed by atoms with Crippen LogP contribution in [-0.2, 0) is 4.79 Å². The van der Waals surface area contributed by atoms with Gasteiger partial charge in [0.25, 0.3) is 5.69 Å². The number of carbonyl (C=O) groups excluding carboxylic acids is 1. The number of rotatable bonds is 3. The van der Waals surface area contributed by atoms with Crippen LogP contribution in [0.2, 0.25) is 0 Å². The fourth-order valence-corrected chi connectivity index (χ4v) is 1.80. The van der Waals surface area contributed by atoms with E-state index in [0.29, 0.717) is 0 Å². The first-order valence-electron chi connectivity index (χ1n) is 5.16. The first-order valence-corrected chi connectivity index (χ1v) is 5.16. The van der Waals surface area contributed by atoms with Gasteiger partial charge in [0.2, 0.25) is 0 Å². The fraction of sp³-hybridized carbons (Fsp3) is 0.273. The van der Waals surface area contributed by atoms with Gasteiger partial charge in [-0.25, -0.2) is 0 Å². The fourth-order valence-electron chi connectivity index (χ4n) is 1.80. The summed E-state index contributed by atoms with van der Waals surface area (Å²) in [5.74, 6) is -2.07. The third kappa shape index (κ3) is 2.15. The van der Waals surface area contributed by atoms with Crippen LogP contribution in [0.4, 0.5) is 5.69 Å². The van der Waals surface area contributed by atoms with E-state index in [4.69, 9.17) is 9.84 Å². The molecule has 94 valence electrons. The topological polar surface area (TPSA) is 107 Å². The number of ether oxygens (including phenoxy) is 1. The highest BCUT2D eigenvalue weighted by Gasteiger charge is 2.31. The highest BCUT2D eigenvalue weighted by Crippen LogP contribution is 2.31.